The fraction of sp³-hybridized carbons (Fsp3) is 0.143. The first kappa shape index (κ1) is 14.1. The number of hydrogen-bond acceptors (Lipinski definition) is 3. The number of hydrogen-bond donors (Lipinski definition) is 3. The lowest BCUT2D eigenvalue weighted by Gasteiger charge is -2.07. The lowest BCUT2D eigenvalue weighted by molar-refractivity contribution is 0.0698. The molecule has 2 amide bonds. The van der Waals surface area contributed by atoms with Crippen LogP contribution in [0.5, 0.6) is 0 Å². The van der Waals surface area contributed by atoms with Gasteiger partial charge in [0, 0.05) is 6.54 Å². The summed E-state index contributed by atoms with van der Waals surface area (Å²) in [6.07, 6.45) is 0. The number of aromatic carboxylic acids is 1. The van der Waals surface area contributed by atoms with Crippen LogP contribution in [0.3, 0.4) is 0 Å². The molecule has 0 atom stereocenters. The van der Waals surface area contributed by atoms with Gasteiger partial charge in [0.2, 0.25) is 0 Å². The van der Waals surface area contributed by atoms with Gasteiger partial charge in [0.25, 0.3) is 0 Å². The Bertz CT molecular complexity index is 637. The Balaban J connectivity index is 1.93. The number of anilines is 1. The standard InChI is InChI=1S/C14H14N2O3S/c1-9-3-2-4-10(7-9)8-15-14(19)16-12-11(13(17)18)5-6-20-12/h2-7H,8H2,1H3,(H,17,18)(H2,15,16,19). The average molecular weight is 290 g/mol. The summed E-state index contributed by atoms with van der Waals surface area (Å²) in [5.41, 5.74) is 2.21. The molecule has 2 rings (SSSR count). The number of thiophene rings is 1. The number of aryl methyl sites for hydroxylation is 1. The highest BCUT2D eigenvalue weighted by Gasteiger charge is 2.13. The first-order valence-corrected chi connectivity index (χ1v) is 6.85. The number of amides is 2. The van der Waals surface area contributed by atoms with Gasteiger partial charge in [-0.25, -0.2) is 9.59 Å². The maximum atomic E-state index is 11.7. The summed E-state index contributed by atoms with van der Waals surface area (Å²) in [5, 5.41) is 16.1. The SMILES string of the molecule is Cc1cccc(CNC(=O)Nc2sccc2C(=O)O)c1. The molecule has 0 aliphatic carbocycles. The molecule has 0 radical (unpaired) electrons. The third-order valence-electron chi connectivity index (χ3n) is 2.66. The third-order valence-corrected chi connectivity index (χ3v) is 3.49. The smallest absolute Gasteiger partial charge is 0.338 e. The largest absolute Gasteiger partial charge is 0.478 e. The summed E-state index contributed by atoms with van der Waals surface area (Å²) < 4.78 is 0. The van der Waals surface area contributed by atoms with Crippen LogP contribution in [0.2, 0.25) is 0 Å². The van der Waals surface area contributed by atoms with E-state index < -0.39 is 12.0 Å². The molecule has 0 aliphatic rings. The van der Waals surface area contributed by atoms with Crippen LogP contribution in [0.25, 0.3) is 0 Å². The van der Waals surface area contributed by atoms with Gasteiger partial charge in [-0.15, -0.1) is 11.3 Å². The number of benzene rings is 1. The molecule has 2 aromatic rings. The first-order chi connectivity index (χ1) is 9.56. The van der Waals surface area contributed by atoms with Gasteiger partial charge in [0.15, 0.2) is 0 Å². The number of carboxylic acids is 1. The van der Waals surface area contributed by atoms with Gasteiger partial charge in [0.1, 0.15) is 5.00 Å². The topological polar surface area (TPSA) is 78.4 Å². The van der Waals surface area contributed by atoms with E-state index in [-0.39, 0.29) is 5.56 Å². The van der Waals surface area contributed by atoms with Crippen LogP contribution in [0.15, 0.2) is 35.7 Å². The lowest BCUT2D eigenvalue weighted by atomic mass is 10.1. The molecule has 0 bridgehead atoms. The molecule has 1 heterocycles. The molecular formula is C14H14N2O3S. The Hall–Kier alpha value is -2.34. The van der Waals surface area contributed by atoms with Gasteiger partial charge in [-0.2, -0.15) is 0 Å². The molecule has 6 heteroatoms. The number of rotatable bonds is 4. The second-order valence-electron chi connectivity index (χ2n) is 4.27. The van der Waals surface area contributed by atoms with Crippen LogP contribution < -0.4 is 10.6 Å². The van der Waals surface area contributed by atoms with Gasteiger partial charge in [-0.05, 0) is 23.9 Å². The maximum absolute atomic E-state index is 11.7. The van der Waals surface area contributed by atoms with E-state index in [9.17, 15) is 9.59 Å². The highest BCUT2D eigenvalue weighted by Crippen LogP contribution is 2.22. The Morgan fingerprint density at radius 2 is 2.10 bits per heavy atom. The Morgan fingerprint density at radius 1 is 1.30 bits per heavy atom. The van der Waals surface area contributed by atoms with Crippen molar-refractivity contribution in [3.63, 3.8) is 0 Å². The molecule has 0 saturated heterocycles. The van der Waals surface area contributed by atoms with E-state index in [4.69, 9.17) is 5.11 Å². The molecule has 3 N–H and O–H groups in total. The van der Waals surface area contributed by atoms with Gasteiger partial charge in [-0.1, -0.05) is 29.8 Å². The number of carbonyl (C=O) groups is 2. The van der Waals surface area contributed by atoms with E-state index in [0.29, 0.717) is 11.5 Å². The second-order valence-corrected chi connectivity index (χ2v) is 5.18. The molecule has 20 heavy (non-hydrogen) atoms. The van der Waals surface area contributed by atoms with Crippen molar-refractivity contribution in [1.82, 2.24) is 5.32 Å². The van der Waals surface area contributed by atoms with E-state index in [2.05, 4.69) is 10.6 Å². The molecule has 1 aromatic heterocycles. The van der Waals surface area contributed by atoms with Gasteiger partial charge >= 0.3 is 12.0 Å². The van der Waals surface area contributed by atoms with Crippen LogP contribution in [0, 0.1) is 6.92 Å². The van der Waals surface area contributed by atoms with Crippen molar-refractivity contribution in [3.8, 4) is 0 Å². The molecule has 104 valence electrons. The Kier molecular flexibility index (Phi) is 4.37. The monoisotopic (exact) mass is 290 g/mol. The average Bonchev–Trinajstić information content (AvgIpc) is 2.85. The van der Waals surface area contributed by atoms with Crippen LogP contribution in [-0.4, -0.2) is 17.1 Å². The summed E-state index contributed by atoms with van der Waals surface area (Å²) >= 11 is 1.18. The minimum atomic E-state index is -1.06. The van der Waals surface area contributed by atoms with E-state index in [1.54, 1.807) is 5.38 Å². The Labute approximate surface area is 120 Å². The van der Waals surface area contributed by atoms with Crippen LogP contribution in [-0.2, 0) is 6.54 Å². The quantitative estimate of drug-likeness (QED) is 0.809. The first-order valence-electron chi connectivity index (χ1n) is 5.97. The summed E-state index contributed by atoms with van der Waals surface area (Å²) in [6.45, 7) is 2.37. The van der Waals surface area contributed by atoms with Crippen LogP contribution >= 0.6 is 11.3 Å². The molecule has 0 saturated carbocycles. The van der Waals surface area contributed by atoms with Gasteiger partial charge in [-0.3, -0.25) is 5.32 Å². The fourth-order valence-corrected chi connectivity index (χ4v) is 2.50. The molecule has 0 fully saturated rings. The molecule has 5 nitrogen and oxygen atoms in total. The molecule has 1 aromatic carbocycles. The van der Waals surface area contributed by atoms with Crippen molar-refractivity contribution in [2.75, 3.05) is 5.32 Å². The lowest BCUT2D eigenvalue weighted by Crippen LogP contribution is -2.28. The van der Waals surface area contributed by atoms with E-state index in [1.807, 2.05) is 31.2 Å². The van der Waals surface area contributed by atoms with Crippen molar-refractivity contribution in [1.29, 1.82) is 0 Å². The predicted octanol–water partition coefficient (Wildman–Crippen LogP) is 3.08. The van der Waals surface area contributed by atoms with Gasteiger partial charge < -0.3 is 10.4 Å². The zero-order valence-corrected chi connectivity index (χ0v) is 11.7. The Morgan fingerprint density at radius 3 is 2.80 bits per heavy atom. The van der Waals surface area contributed by atoms with Crippen LogP contribution in [0.1, 0.15) is 21.5 Å². The minimum Gasteiger partial charge on any atom is -0.478 e. The highest BCUT2D eigenvalue weighted by atomic mass is 32.1. The molecular weight excluding hydrogens is 276 g/mol. The van der Waals surface area contributed by atoms with Crippen LogP contribution in [0.4, 0.5) is 9.80 Å². The van der Waals surface area contributed by atoms with Crippen molar-refractivity contribution < 1.29 is 14.7 Å². The summed E-state index contributed by atoms with van der Waals surface area (Å²) in [4.78, 5) is 22.7. The van der Waals surface area contributed by atoms with E-state index in [1.165, 1.54) is 17.4 Å². The summed E-state index contributed by atoms with van der Waals surface area (Å²) in [7, 11) is 0. The summed E-state index contributed by atoms with van der Waals surface area (Å²) in [6, 6.07) is 8.84. The second kappa shape index (κ2) is 6.21. The van der Waals surface area contributed by atoms with E-state index >= 15 is 0 Å². The fourth-order valence-electron chi connectivity index (χ4n) is 1.73. The minimum absolute atomic E-state index is 0.0979. The number of carbonyl (C=O) groups excluding carboxylic acids is 1. The molecule has 0 aliphatic heterocycles. The zero-order valence-electron chi connectivity index (χ0n) is 10.8. The van der Waals surface area contributed by atoms with Crippen molar-refractivity contribution in [2.24, 2.45) is 0 Å². The zero-order chi connectivity index (χ0) is 14.5. The number of nitrogens with one attached hydrogen (secondary N) is 2. The number of carboxylic acid groups (broad SMARTS) is 1. The molecule has 0 unspecified atom stereocenters. The van der Waals surface area contributed by atoms with Crippen molar-refractivity contribution >= 4 is 28.3 Å². The van der Waals surface area contributed by atoms with Gasteiger partial charge in [0.05, 0.1) is 5.56 Å². The third kappa shape index (κ3) is 3.58. The normalized spacial score (nSPS) is 10.1. The maximum Gasteiger partial charge on any atom is 0.338 e. The van der Waals surface area contributed by atoms with Crippen molar-refractivity contribution in [2.45, 2.75) is 13.5 Å². The number of urea groups is 1. The summed E-state index contributed by atoms with van der Waals surface area (Å²) in [5.74, 6) is -1.06. The molecule has 0 spiro atoms. The van der Waals surface area contributed by atoms with E-state index in [0.717, 1.165) is 11.1 Å². The predicted molar refractivity (Wildman–Crippen MR) is 78.3 cm³/mol. The van der Waals surface area contributed by atoms with Crippen molar-refractivity contribution in [3.05, 3.63) is 52.4 Å². The highest BCUT2D eigenvalue weighted by molar-refractivity contribution is 7.14.